The van der Waals surface area contributed by atoms with Gasteiger partial charge >= 0.3 is 0 Å². The first-order chi connectivity index (χ1) is 8.17. The highest BCUT2D eigenvalue weighted by molar-refractivity contribution is 9.10. The lowest BCUT2D eigenvalue weighted by atomic mass is 10.4. The molecule has 0 spiro atoms. The average Bonchev–Trinajstić information content (AvgIpc) is 2.72. The van der Waals surface area contributed by atoms with E-state index in [2.05, 4.69) is 43.1 Å². The number of rotatable bonds is 4. The summed E-state index contributed by atoms with van der Waals surface area (Å²) in [5, 5.41) is 4.32. The van der Waals surface area contributed by atoms with Crippen LogP contribution in [0.25, 0.3) is 0 Å². The number of aryl methyl sites for hydroxylation is 2. The Morgan fingerprint density at radius 3 is 2.88 bits per heavy atom. The molecule has 0 aromatic carbocycles. The zero-order valence-corrected chi connectivity index (χ0v) is 12.1. The van der Waals surface area contributed by atoms with Crippen LogP contribution in [0.5, 0.6) is 0 Å². The van der Waals surface area contributed by atoms with E-state index in [0.717, 1.165) is 27.7 Å². The number of anilines is 1. The van der Waals surface area contributed by atoms with Gasteiger partial charge in [0.25, 0.3) is 0 Å². The fourth-order valence-electron chi connectivity index (χ4n) is 1.36. The van der Waals surface area contributed by atoms with Crippen LogP contribution in [0.4, 0.5) is 5.82 Å². The number of hydrogen-bond donors (Lipinski definition) is 1. The smallest absolute Gasteiger partial charge is 0.131 e. The Labute approximate surface area is 113 Å². The van der Waals surface area contributed by atoms with E-state index in [1.807, 2.05) is 19.2 Å². The first-order valence-corrected chi connectivity index (χ1v) is 6.97. The van der Waals surface area contributed by atoms with Crippen molar-refractivity contribution in [2.24, 2.45) is 0 Å². The summed E-state index contributed by atoms with van der Waals surface area (Å²) in [6.07, 6.45) is 2.71. The summed E-state index contributed by atoms with van der Waals surface area (Å²) < 4.78 is 0.808. The monoisotopic (exact) mass is 312 g/mol. The summed E-state index contributed by atoms with van der Waals surface area (Å²) in [6.45, 7) is 4.79. The molecule has 90 valence electrons. The standard InChI is InChI=1S/C11H13BrN4S/c1-3-9-15-8(12)4-10(16-9)13-6-11-14-5-7(2)17-11/h4-5H,3,6H2,1-2H3,(H,13,15,16). The van der Waals surface area contributed by atoms with E-state index in [1.54, 1.807) is 11.3 Å². The molecule has 0 aliphatic carbocycles. The van der Waals surface area contributed by atoms with E-state index in [1.165, 1.54) is 4.88 Å². The Morgan fingerprint density at radius 2 is 2.24 bits per heavy atom. The number of nitrogens with zero attached hydrogens (tertiary/aromatic N) is 3. The van der Waals surface area contributed by atoms with Crippen molar-refractivity contribution in [3.63, 3.8) is 0 Å². The van der Waals surface area contributed by atoms with Crippen LogP contribution >= 0.6 is 27.3 Å². The van der Waals surface area contributed by atoms with Crippen LogP contribution in [-0.4, -0.2) is 15.0 Å². The quantitative estimate of drug-likeness (QED) is 0.881. The van der Waals surface area contributed by atoms with E-state index in [4.69, 9.17) is 0 Å². The van der Waals surface area contributed by atoms with Crippen molar-refractivity contribution in [3.05, 3.63) is 32.6 Å². The number of aromatic nitrogens is 3. The number of nitrogens with one attached hydrogen (secondary N) is 1. The second-order valence-corrected chi connectivity index (χ2v) is 5.70. The number of thiazole rings is 1. The molecule has 0 aliphatic rings. The molecule has 0 unspecified atom stereocenters. The van der Waals surface area contributed by atoms with E-state index in [-0.39, 0.29) is 0 Å². The topological polar surface area (TPSA) is 50.7 Å². The van der Waals surface area contributed by atoms with Crippen molar-refractivity contribution in [3.8, 4) is 0 Å². The SMILES string of the molecule is CCc1nc(Br)cc(NCc2ncc(C)s2)n1. The normalized spacial score (nSPS) is 10.5. The summed E-state index contributed by atoms with van der Waals surface area (Å²) in [5.41, 5.74) is 0. The second kappa shape index (κ2) is 5.55. The van der Waals surface area contributed by atoms with Gasteiger partial charge in [-0.3, -0.25) is 0 Å². The number of hydrogen-bond acceptors (Lipinski definition) is 5. The maximum Gasteiger partial charge on any atom is 0.131 e. The zero-order chi connectivity index (χ0) is 12.3. The predicted octanol–water partition coefficient (Wildman–Crippen LogP) is 3.18. The summed E-state index contributed by atoms with van der Waals surface area (Å²) in [7, 11) is 0. The lowest BCUT2D eigenvalue weighted by molar-refractivity contribution is 0.920. The lowest BCUT2D eigenvalue weighted by Gasteiger charge is -2.05. The predicted molar refractivity (Wildman–Crippen MR) is 73.3 cm³/mol. The van der Waals surface area contributed by atoms with Gasteiger partial charge in [-0.25, -0.2) is 15.0 Å². The molecule has 2 aromatic heterocycles. The van der Waals surface area contributed by atoms with Crippen molar-refractivity contribution in [2.75, 3.05) is 5.32 Å². The van der Waals surface area contributed by atoms with Crippen LogP contribution in [0.3, 0.4) is 0 Å². The highest BCUT2D eigenvalue weighted by Crippen LogP contribution is 2.16. The first kappa shape index (κ1) is 12.4. The van der Waals surface area contributed by atoms with E-state index in [0.29, 0.717) is 6.54 Å². The Balaban J connectivity index is 2.05. The summed E-state index contributed by atoms with van der Waals surface area (Å²) >= 11 is 5.07. The van der Waals surface area contributed by atoms with E-state index < -0.39 is 0 Å². The molecule has 0 fully saturated rings. The van der Waals surface area contributed by atoms with Gasteiger partial charge in [-0.1, -0.05) is 6.92 Å². The van der Waals surface area contributed by atoms with E-state index in [9.17, 15) is 0 Å². The molecule has 0 atom stereocenters. The second-order valence-electron chi connectivity index (χ2n) is 3.56. The van der Waals surface area contributed by atoms with Gasteiger partial charge in [0.2, 0.25) is 0 Å². The fraction of sp³-hybridized carbons (Fsp3) is 0.364. The molecule has 2 rings (SSSR count). The van der Waals surface area contributed by atoms with E-state index >= 15 is 0 Å². The van der Waals surface area contributed by atoms with Crippen LogP contribution in [0, 0.1) is 6.92 Å². The van der Waals surface area contributed by atoms with Crippen molar-refractivity contribution in [1.29, 1.82) is 0 Å². The summed E-state index contributed by atoms with van der Waals surface area (Å²) in [5.74, 6) is 1.66. The van der Waals surface area contributed by atoms with Crippen molar-refractivity contribution in [2.45, 2.75) is 26.8 Å². The summed E-state index contributed by atoms with van der Waals surface area (Å²) in [6, 6.07) is 1.87. The average molecular weight is 313 g/mol. The van der Waals surface area contributed by atoms with Crippen LogP contribution in [0.1, 0.15) is 22.6 Å². The Hall–Kier alpha value is -1.01. The van der Waals surface area contributed by atoms with Crippen molar-refractivity contribution < 1.29 is 0 Å². The van der Waals surface area contributed by atoms with Gasteiger partial charge in [0, 0.05) is 23.6 Å². The van der Waals surface area contributed by atoms with Crippen LogP contribution in [0.15, 0.2) is 16.9 Å². The molecule has 6 heteroatoms. The molecule has 0 radical (unpaired) electrons. The highest BCUT2D eigenvalue weighted by Gasteiger charge is 2.03. The van der Waals surface area contributed by atoms with Gasteiger partial charge in [0.1, 0.15) is 21.3 Å². The minimum Gasteiger partial charge on any atom is -0.363 e. The van der Waals surface area contributed by atoms with Crippen molar-refractivity contribution >= 4 is 33.1 Å². The van der Waals surface area contributed by atoms with Gasteiger partial charge in [-0.2, -0.15) is 0 Å². The zero-order valence-electron chi connectivity index (χ0n) is 9.70. The van der Waals surface area contributed by atoms with Gasteiger partial charge in [0.15, 0.2) is 0 Å². The molecule has 2 heterocycles. The summed E-state index contributed by atoms with van der Waals surface area (Å²) in [4.78, 5) is 14.2. The Kier molecular flexibility index (Phi) is 4.06. The third-order valence-electron chi connectivity index (χ3n) is 2.15. The largest absolute Gasteiger partial charge is 0.363 e. The van der Waals surface area contributed by atoms with Crippen LogP contribution in [0.2, 0.25) is 0 Å². The van der Waals surface area contributed by atoms with Gasteiger partial charge < -0.3 is 5.32 Å². The lowest BCUT2D eigenvalue weighted by Crippen LogP contribution is -2.04. The van der Waals surface area contributed by atoms with Gasteiger partial charge in [0.05, 0.1) is 6.54 Å². The molecule has 17 heavy (non-hydrogen) atoms. The fourth-order valence-corrected chi connectivity index (χ4v) is 2.51. The third kappa shape index (κ3) is 3.47. The molecule has 0 bridgehead atoms. The third-order valence-corrected chi connectivity index (χ3v) is 3.47. The molecule has 2 aromatic rings. The Bertz CT molecular complexity index is 512. The molecule has 0 saturated carbocycles. The van der Waals surface area contributed by atoms with Crippen LogP contribution in [-0.2, 0) is 13.0 Å². The van der Waals surface area contributed by atoms with Gasteiger partial charge in [-0.05, 0) is 22.9 Å². The first-order valence-electron chi connectivity index (χ1n) is 5.36. The van der Waals surface area contributed by atoms with Crippen molar-refractivity contribution in [1.82, 2.24) is 15.0 Å². The molecule has 0 aliphatic heterocycles. The molecule has 0 saturated heterocycles. The number of halogens is 1. The Morgan fingerprint density at radius 1 is 1.41 bits per heavy atom. The maximum absolute atomic E-state index is 4.40. The van der Waals surface area contributed by atoms with Gasteiger partial charge in [-0.15, -0.1) is 11.3 Å². The molecule has 1 N–H and O–H groups in total. The highest BCUT2D eigenvalue weighted by atomic mass is 79.9. The molecule has 4 nitrogen and oxygen atoms in total. The minimum absolute atomic E-state index is 0.700. The van der Waals surface area contributed by atoms with Crippen LogP contribution < -0.4 is 5.32 Å². The molecular weight excluding hydrogens is 300 g/mol. The minimum atomic E-state index is 0.700. The molecule has 0 amide bonds. The molecular formula is C11H13BrN4S. The maximum atomic E-state index is 4.40.